The van der Waals surface area contributed by atoms with E-state index < -0.39 is 6.04 Å². The minimum atomic E-state index is -0.421. The predicted molar refractivity (Wildman–Crippen MR) is 114 cm³/mol. The van der Waals surface area contributed by atoms with Gasteiger partial charge >= 0.3 is 0 Å². The molecule has 0 radical (unpaired) electrons. The Kier molecular flexibility index (Phi) is 5.85. The van der Waals surface area contributed by atoms with Crippen LogP contribution < -0.4 is 0 Å². The average molecular weight is 402 g/mol. The van der Waals surface area contributed by atoms with Crippen LogP contribution in [0.4, 0.5) is 0 Å². The zero-order valence-electron chi connectivity index (χ0n) is 17.3. The van der Waals surface area contributed by atoms with E-state index in [0.717, 1.165) is 31.2 Å². The largest absolute Gasteiger partial charge is 0.340 e. The maximum atomic E-state index is 13.5. The van der Waals surface area contributed by atoms with Crippen LogP contribution >= 0.6 is 0 Å². The Labute approximate surface area is 177 Å². The second-order valence-electron chi connectivity index (χ2n) is 8.45. The third-order valence-corrected chi connectivity index (χ3v) is 6.48. The first-order chi connectivity index (χ1) is 14.6. The van der Waals surface area contributed by atoms with Crippen molar-refractivity contribution in [3.8, 4) is 6.07 Å². The quantitative estimate of drug-likeness (QED) is 0.778. The molecule has 1 saturated carbocycles. The van der Waals surface area contributed by atoms with Crippen LogP contribution in [0.3, 0.4) is 0 Å². The van der Waals surface area contributed by atoms with Crippen molar-refractivity contribution in [2.24, 2.45) is 5.92 Å². The lowest BCUT2D eigenvalue weighted by Crippen LogP contribution is -2.49. The number of nitriles is 1. The molecule has 2 fully saturated rings. The lowest BCUT2D eigenvalue weighted by molar-refractivity contribution is -0.134. The van der Waals surface area contributed by atoms with E-state index in [1.54, 1.807) is 18.0 Å². The van der Waals surface area contributed by atoms with Crippen molar-refractivity contribution in [2.45, 2.75) is 50.7 Å². The second kappa shape index (κ2) is 8.71. The van der Waals surface area contributed by atoms with E-state index in [1.807, 2.05) is 53.4 Å². The van der Waals surface area contributed by atoms with Gasteiger partial charge in [0.1, 0.15) is 6.04 Å². The van der Waals surface area contributed by atoms with Gasteiger partial charge in [0.25, 0.3) is 5.91 Å². The number of likely N-dealkylation sites (tertiary alicyclic amines) is 1. The van der Waals surface area contributed by atoms with E-state index in [1.165, 1.54) is 6.42 Å². The van der Waals surface area contributed by atoms with Crippen molar-refractivity contribution >= 4 is 11.8 Å². The molecule has 30 heavy (non-hydrogen) atoms. The molecule has 1 saturated heterocycles. The van der Waals surface area contributed by atoms with Gasteiger partial charge in [0, 0.05) is 25.2 Å². The molecule has 0 spiro atoms. The number of hydrogen-bond acceptors (Lipinski definition) is 3. The molecule has 0 aromatic heterocycles. The SMILES string of the molecule is CN(Cc1cccc(C#N)c1)C(=O)C1CC2CCCCC2N1C(=O)c1ccccc1. The Balaban J connectivity index is 1.57. The molecule has 154 valence electrons. The van der Waals surface area contributed by atoms with Gasteiger partial charge < -0.3 is 9.80 Å². The first-order valence-electron chi connectivity index (χ1n) is 10.7. The molecule has 2 aromatic carbocycles. The summed E-state index contributed by atoms with van der Waals surface area (Å²) in [6, 6.07) is 18.5. The van der Waals surface area contributed by atoms with Crippen LogP contribution in [0.2, 0.25) is 0 Å². The van der Waals surface area contributed by atoms with Gasteiger partial charge in [-0.1, -0.05) is 43.2 Å². The highest BCUT2D eigenvalue weighted by atomic mass is 16.2. The summed E-state index contributed by atoms with van der Waals surface area (Å²) in [5.41, 5.74) is 2.15. The highest BCUT2D eigenvalue weighted by Crippen LogP contribution is 2.41. The van der Waals surface area contributed by atoms with Gasteiger partial charge in [-0.05, 0) is 55.0 Å². The molecule has 4 rings (SSSR count). The van der Waals surface area contributed by atoms with Crippen molar-refractivity contribution < 1.29 is 9.59 Å². The average Bonchev–Trinajstić information content (AvgIpc) is 3.18. The number of carbonyl (C=O) groups is 2. The van der Waals surface area contributed by atoms with Crippen molar-refractivity contribution in [3.63, 3.8) is 0 Å². The van der Waals surface area contributed by atoms with Gasteiger partial charge in [0.05, 0.1) is 11.6 Å². The molecule has 3 atom stereocenters. The van der Waals surface area contributed by atoms with E-state index >= 15 is 0 Å². The minimum absolute atomic E-state index is 0.0176. The predicted octanol–water partition coefficient (Wildman–Crippen LogP) is 3.99. The fourth-order valence-electron chi connectivity index (χ4n) is 5.05. The Morgan fingerprint density at radius 1 is 1.10 bits per heavy atom. The summed E-state index contributed by atoms with van der Waals surface area (Å²) in [6.07, 6.45) is 5.08. The lowest BCUT2D eigenvalue weighted by Gasteiger charge is -2.34. The first-order valence-corrected chi connectivity index (χ1v) is 10.7. The number of carbonyl (C=O) groups excluding carboxylic acids is 2. The number of amides is 2. The van der Waals surface area contributed by atoms with E-state index in [-0.39, 0.29) is 17.9 Å². The highest BCUT2D eigenvalue weighted by molar-refractivity contribution is 5.98. The summed E-state index contributed by atoms with van der Waals surface area (Å²) in [6.45, 7) is 0.424. The molecule has 2 aromatic rings. The van der Waals surface area contributed by atoms with Crippen LogP contribution in [0.15, 0.2) is 54.6 Å². The fraction of sp³-hybridized carbons (Fsp3) is 0.400. The van der Waals surface area contributed by atoms with Crippen LogP contribution in [0.25, 0.3) is 0 Å². The Morgan fingerprint density at radius 3 is 2.63 bits per heavy atom. The zero-order valence-corrected chi connectivity index (χ0v) is 17.3. The van der Waals surface area contributed by atoms with Crippen molar-refractivity contribution in [1.82, 2.24) is 9.80 Å². The van der Waals surface area contributed by atoms with E-state index in [0.29, 0.717) is 23.6 Å². The number of hydrogen-bond donors (Lipinski definition) is 0. The highest BCUT2D eigenvalue weighted by Gasteiger charge is 2.48. The topological polar surface area (TPSA) is 64.4 Å². The molecule has 0 N–H and O–H groups in total. The van der Waals surface area contributed by atoms with Crippen molar-refractivity contribution in [1.29, 1.82) is 5.26 Å². The maximum Gasteiger partial charge on any atom is 0.254 e. The summed E-state index contributed by atoms with van der Waals surface area (Å²) in [5.74, 6) is 0.343. The summed E-state index contributed by atoms with van der Waals surface area (Å²) < 4.78 is 0. The normalized spacial score (nSPS) is 22.8. The molecule has 1 aliphatic heterocycles. The van der Waals surface area contributed by atoms with E-state index in [2.05, 4.69) is 6.07 Å². The van der Waals surface area contributed by atoms with Crippen molar-refractivity contribution in [3.05, 3.63) is 71.3 Å². The molecule has 5 heteroatoms. The number of likely N-dealkylation sites (N-methyl/N-ethyl adjacent to an activating group) is 1. The number of fused-ring (bicyclic) bond motifs is 1. The van der Waals surface area contributed by atoms with E-state index in [9.17, 15) is 9.59 Å². The zero-order chi connectivity index (χ0) is 21.1. The minimum Gasteiger partial charge on any atom is -0.340 e. The smallest absolute Gasteiger partial charge is 0.254 e. The monoisotopic (exact) mass is 401 g/mol. The second-order valence-corrected chi connectivity index (χ2v) is 8.45. The molecule has 5 nitrogen and oxygen atoms in total. The summed E-state index contributed by atoms with van der Waals surface area (Å²) in [5, 5.41) is 9.13. The third kappa shape index (κ3) is 3.95. The Hall–Kier alpha value is -3.13. The molecule has 2 aliphatic rings. The van der Waals surface area contributed by atoms with Gasteiger partial charge in [0.15, 0.2) is 0 Å². The summed E-state index contributed by atoms with van der Waals surface area (Å²) >= 11 is 0. The van der Waals surface area contributed by atoms with Crippen LogP contribution in [0.1, 0.15) is 53.6 Å². The Morgan fingerprint density at radius 2 is 1.87 bits per heavy atom. The van der Waals surface area contributed by atoms with Crippen LogP contribution in [0.5, 0.6) is 0 Å². The number of benzene rings is 2. The molecule has 3 unspecified atom stereocenters. The van der Waals surface area contributed by atoms with Crippen LogP contribution in [0, 0.1) is 17.2 Å². The molecule has 2 amide bonds. The van der Waals surface area contributed by atoms with Gasteiger partial charge in [-0.2, -0.15) is 5.26 Å². The summed E-state index contributed by atoms with van der Waals surface area (Å²) in [7, 11) is 1.79. The first kappa shape index (κ1) is 20.2. The molecule has 0 bridgehead atoms. The third-order valence-electron chi connectivity index (χ3n) is 6.48. The van der Waals surface area contributed by atoms with Gasteiger partial charge in [-0.15, -0.1) is 0 Å². The number of nitrogens with zero attached hydrogens (tertiary/aromatic N) is 3. The van der Waals surface area contributed by atoms with Crippen molar-refractivity contribution in [2.75, 3.05) is 7.05 Å². The molecular formula is C25H27N3O2. The van der Waals surface area contributed by atoms with Gasteiger partial charge in [-0.3, -0.25) is 9.59 Å². The molecule has 1 aliphatic carbocycles. The van der Waals surface area contributed by atoms with Crippen LogP contribution in [-0.4, -0.2) is 40.7 Å². The van der Waals surface area contributed by atoms with E-state index in [4.69, 9.17) is 5.26 Å². The van der Waals surface area contributed by atoms with Gasteiger partial charge in [0.2, 0.25) is 5.91 Å². The fourth-order valence-corrected chi connectivity index (χ4v) is 5.05. The lowest BCUT2D eigenvalue weighted by atomic mass is 9.84. The molecular weight excluding hydrogens is 374 g/mol. The Bertz CT molecular complexity index is 966. The van der Waals surface area contributed by atoms with Crippen LogP contribution in [-0.2, 0) is 11.3 Å². The summed E-state index contributed by atoms with van der Waals surface area (Å²) in [4.78, 5) is 30.4. The standard InChI is InChI=1S/C25H27N3O2/c1-27(17-19-9-7-8-18(14-19)16-26)25(30)23-15-21-12-5-6-13-22(21)28(23)24(29)20-10-3-2-4-11-20/h2-4,7-11,14,21-23H,5-6,12-13,15,17H2,1H3. The number of rotatable bonds is 4. The maximum absolute atomic E-state index is 13.5. The molecule has 1 heterocycles. The van der Waals surface area contributed by atoms with Gasteiger partial charge in [-0.25, -0.2) is 0 Å².